The molecule has 5 heteroatoms. The van der Waals surface area contributed by atoms with Gasteiger partial charge in [0.15, 0.2) is 5.96 Å². The van der Waals surface area contributed by atoms with Gasteiger partial charge in [0.05, 0.1) is 0 Å². The molecule has 3 nitrogen and oxygen atoms in total. The van der Waals surface area contributed by atoms with Crippen LogP contribution in [0.2, 0.25) is 0 Å². The number of nitrogens with zero attached hydrogens (tertiary/aromatic N) is 1. The van der Waals surface area contributed by atoms with Gasteiger partial charge in [0, 0.05) is 13.1 Å². The molecule has 0 unspecified atom stereocenters. The molecule has 1 aliphatic carbocycles. The summed E-state index contributed by atoms with van der Waals surface area (Å²) in [5, 5.41) is 3.14. The highest BCUT2D eigenvalue weighted by molar-refractivity contribution is 14.0. The van der Waals surface area contributed by atoms with Crippen molar-refractivity contribution in [3.8, 4) is 0 Å². The molecule has 1 aliphatic rings. The van der Waals surface area contributed by atoms with E-state index in [1.807, 2.05) is 11.8 Å². The molecule has 0 spiro atoms. The van der Waals surface area contributed by atoms with Crippen molar-refractivity contribution in [1.29, 1.82) is 0 Å². The molecule has 1 saturated carbocycles. The second-order valence-electron chi connectivity index (χ2n) is 3.80. The van der Waals surface area contributed by atoms with E-state index in [4.69, 9.17) is 5.73 Å². The fourth-order valence-electron chi connectivity index (χ4n) is 1.39. The fourth-order valence-corrected chi connectivity index (χ4v) is 1.82. The minimum Gasteiger partial charge on any atom is -0.370 e. The van der Waals surface area contributed by atoms with Crippen LogP contribution in [0.5, 0.6) is 0 Å². The molecule has 1 fully saturated rings. The number of guanidine groups is 1. The second-order valence-corrected chi connectivity index (χ2v) is 4.78. The van der Waals surface area contributed by atoms with Crippen molar-refractivity contribution in [2.24, 2.45) is 16.6 Å². The van der Waals surface area contributed by atoms with Crippen LogP contribution >= 0.6 is 35.7 Å². The molecule has 0 radical (unpaired) electrons. The Hall–Kier alpha value is 0.350. The molecule has 0 aromatic heterocycles. The highest BCUT2D eigenvalue weighted by Crippen LogP contribution is 2.26. The third-order valence-corrected chi connectivity index (χ3v) is 3.27. The SMILES string of the molecule is CSCCCNC(N)=NCC1CCC1.I. The first-order chi connectivity index (χ1) is 6.83. The van der Waals surface area contributed by atoms with Gasteiger partial charge in [0.25, 0.3) is 0 Å². The second kappa shape index (κ2) is 9.57. The topological polar surface area (TPSA) is 50.4 Å². The van der Waals surface area contributed by atoms with Gasteiger partial charge in [-0.1, -0.05) is 6.42 Å². The van der Waals surface area contributed by atoms with E-state index in [9.17, 15) is 0 Å². The first-order valence-corrected chi connectivity index (χ1v) is 6.75. The Kier molecular flexibility index (Phi) is 9.79. The van der Waals surface area contributed by atoms with Crippen LogP contribution < -0.4 is 11.1 Å². The van der Waals surface area contributed by atoms with Gasteiger partial charge in [-0.05, 0) is 37.2 Å². The van der Waals surface area contributed by atoms with Gasteiger partial charge in [0.2, 0.25) is 0 Å². The summed E-state index contributed by atoms with van der Waals surface area (Å²) in [5.74, 6) is 2.61. The summed E-state index contributed by atoms with van der Waals surface area (Å²) in [6.07, 6.45) is 7.32. The van der Waals surface area contributed by atoms with E-state index in [1.165, 1.54) is 25.0 Å². The quantitative estimate of drug-likeness (QED) is 0.336. The highest BCUT2D eigenvalue weighted by Gasteiger charge is 2.16. The number of halogens is 1. The van der Waals surface area contributed by atoms with Crippen molar-refractivity contribution in [3.63, 3.8) is 0 Å². The number of thioether (sulfide) groups is 1. The number of hydrogen-bond donors (Lipinski definition) is 2. The van der Waals surface area contributed by atoms with Gasteiger partial charge in [-0.3, -0.25) is 4.99 Å². The molecule has 3 N–H and O–H groups in total. The molecule has 1 rings (SSSR count). The monoisotopic (exact) mass is 343 g/mol. The van der Waals surface area contributed by atoms with E-state index >= 15 is 0 Å². The third-order valence-electron chi connectivity index (χ3n) is 2.58. The number of rotatable bonds is 6. The molecule has 90 valence electrons. The molecule has 0 atom stereocenters. The van der Waals surface area contributed by atoms with Crippen molar-refractivity contribution in [1.82, 2.24) is 5.32 Å². The Morgan fingerprint density at radius 1 is 1.53 bits per heavy atom. The lowest BCUT2D eigenvalue weighted by atomic mass is 9.86. The van der Waals surface area contributed by atoms with Crippen LogP contribution in [0.15, 0.2) is 4.99 Å². The maximum atomic E-state index is 5.72. The zero-order valence-corrected chi connectivity index (χ0v) is 12.5. The first-order valence-electron chi connectivity index (χ1n) is 5.35. The predicted octanol–water partition coefficient (Wildman–Crippen LogP) is 2.06. The Bertz CT molecular complexity index is 184. The summed E-state index contributed by atoms with van der Waals surface area (Å²) in [6, 6.07) is 0. The van der Waals surface area contributed by atoms with E-state index in [0.717, 1.165) is 25.4 Å². The van der Waals surface area contributed by atoms with E-state index < -0.39 is 0 Å². The molecular weight excluding hydrogens is 321 g/mol. The molecule has 0 amide bonds. The van der Waals surface area contributed by atoms with Crippen LogP contribution in [0.1, 0.15) is 25.7 Å². The normalized spacial score (nSPS) is 16.7. The number of nitrogens with two attached hydrogens (primary N) is 1. The molecule has 0 aromatic carbocycles. The van der Waals surface area contributed by atoms with Gasteiger partial charge < -0.3 is 11.1 Å². The zero-order chi connectivity index (χ0) is 10.2. The van der Waals surface area contributed by atoms with Crippen LogP contribution in [0.4, 0.5) is 0 Å². The molecule has 0 aromatic rings. The van der Waals surface area contributed by atoms with Crippen LogP contribution in [-0.2, 0) is 0 Å². The Balaban J connectivity index is 0.00000196. The van der Waals surface area contributed by atoms with Crippen molar-refractivity contribution in [3.05, 3.63) is 0 Å². The molecule has 0 bridgehead atoms. The smallest absolute Gasteiger partial charge is 0.188 e. The van der Waals surface area contributed by atoms with Gasteiger partial charge in [-0.2, -0.15) is 11.8 Å². The first kappa shape index (κ1) is 15.3. The maximum Gasteiger partial charge on any atom is 0.188 e. The van der Waals surface area contributed by atoms with E-state index in [0.29, 0.717) is 5.96 Å². The van der Waals surface area contributed by atoms with Crippen molar-refractivity contribution in [2.45, 2.75) is 25.7 Å². The summed E-state index contributed by atoms with van der Waals surface area (Å²) in [6.45, 7) is 1.86. The van der Waals surface area contributed by atoms with Gasteiger partial charge in [0.1, 0.15) is 0 Å². The number of nitrogens with one attached hydrogen (secondary N) is 1. The number of aliphatic imine (C=N–C) groups is 1. The van der Waals surface area contributed by atoms with Gasteiger partial charge >= 0.3 is 0 Å². The lowest BCUT2D eigenvalue weighted by molar-refractivity contribution is 0.326. The summed E-state index contributed by atoms with van der Waals surface area (Å²) in [5.41, 5.74) is 5.72. The summed E-state index contributed by atoms with van der Waals surface area (Å²) >= 11 is 1.86. The number of hydrogen-bond acceptors (Lipinski definition) is 2. The van der Waals surface area contributed by atoms with E-state index in [1.54, 1.807) is 0 Å². The molecule has 15 heavy (non-hydrogen) atoms. The molecule has 0 aliphatic heterocycles. The van der Waals surface area contributed by atoms with E-state index in [-0.39, 0.29) is 24.0 Å². The van der Waals surface area contributed by atoms with Crippen molar-refractivity contribution in [2.75, 3.05) is 25.1 Å². The highest BCUT2D eigenvalue weighted by atomic mass is 127. The van der Waals surface area contributed by atoms with Gasteiger partial charge in [-0.15, -0.1) is 24.0 Å². The summed E-state index contributed by atoms with van der Waals surface area (Å²) in [4.78, 5) is 4.32. The largest absolute Gasteiger partial charge is 0.370 e. The molecule has 0 heterocycles. The lowest BCUT2D eigenvalue weighted by Crippen LogP contribution is -2.33. The summed E-state index contributed by atoms with van der Waals surface area (Å²) < 4.78 is 0. The Morgan fingerprint density at radius 2 is 2.27 bits per heavy atom. The minimum absolute atomic E-state index is 0. The Labute approximate surface area is 114 Å². The fraction of sp³-hybridized carbons (Fsp3) is 0.900. The average molecular weight is 343 g/mol. The van der Waals surface area contributed by atoms with Crippen LogP contribution in [0.3, 0.4) is 0 Å². The van der Waals surface area contributed by atoms with E-state index in [2.05, 4.69) is 16.6 Å². The van der Waals surface area contributed by atoms with Crippen molar-refractivity contribution < 1.29 is 0 Å². The zero-order valence-electron chi connectivity index (χ0n) is 9.37. The summed E-state index contributed by atoms with van der Waals surface area (Å²) in [7, 11) is 0. The molecule has 0 saturated heterocycles. The Morgan fingerprint density at radius 3 is 2.80 bits per heavy atom. The third kappa shape index (κ3) is 7.27. The maximum absolute atomic E-state index is 5.72. The van der Waals surface area contributed by atoms with Gasteiger partial charge in [-0.25, -0.2) is 0 Å². The van der Waals surface area contributed by atoms with Crippen molar-refractivity contribution >= 4 is 41.7 Å². The van der Waals surface area contributed by atoms with Crippen LogP contribution in [0, 0.1) is 5.92 Å². The minimum atomic E-state index is 0. The average Bonchev–Trinajstić information content (AvgIpc) is 2.10. The molecular formula is C10H22IN3S. The standard InChI is InChI=1S/C10H21N3S.HI/c1-14-7-3-6-12-10(11)13-8-9-4-2-5-9;/h9H,2-8H2,1H3,(H3,11,12,13);1H. The van der Waals surface area contributed by atoms with Crippen LogP contribution in [0.25, 0.3) is 0 Å². The predicted molar refractivity (Wildman–Crippen MR) is 80.2 cm³/mol. The van der Waals surface area contributed by atoms with Crippen LogP contribution in [-0.4, -0.2) is 31.1 Å². The lowest BCUT2D eigenvalue weighted by Gasteiger charge is -2.23.